The summed E-state index contributed by atoms with van der Waals surface area (Å²) in [6.45, 7) is 3.87. The van der Waals surface area contributed by atoms with Gasteiger partial charge in [0.05, 0.1) is 11.5 Å². The summed E-state index contributed by atoms with van der Waals surface area (Å²) in [5.74, 6) is 0.654. The molecule has 0 heterocycles. The Morgan fingerprint density at radius 2 is 1.87 bits per heavy atom. The van der Waals surface area contributed by atoms with Crippen molar-refractivity contribution in [1.29, 1.82) is 0 Å². The second kappa shape index (κ2) is 4.63. The summed E-state index contributed by atoms with van der Waals surface area (Å²) in [5.41, 5.74) is 5.38. The molecule has 0 fully saturated rings. The molecule has 15 heavy (non-hydrogen) atoms. The molecule has 1 aromatic carbocycles. The van der Waals surface area contributed by atoms with Gasteiger partial charge in [-0.15, -0.1) is 0 Å². The van der Waals surface area contributed by atoms with Crippen molar-refractivity contribution in [3.63, 3.8) is 0 Å². The molecular formula is C10H15NO3S. The van der Waals surface area contributed by atoms with Gasteiger partial charge in [-0.25, -0.2) is 8.42 Å². The van der Waals surface area contributed by atoms with Gasteiger partial charge in [-0.1, -0.05) is 0 Å². The molecule has 0 aliphatic rings. The van der Waals surface area contributed by atoms with Crippen molar-refractivity contribution in [3.05, 3.63) is 24.3 Å². The predicted octanol–water partition coefficient (Wildman–Crippen LogP) is 1.16. The first-order chi connectivity index (χ1) is 6.98. The average Bonchev–Trinajstić information content (AvgIpc) is 2.19. The largest absolute Gasteiger partial charge is 0.494 e. The van der Waals surface area contributed by atoms with Crippen LogP contribution < -0.4 is 10.5 Å². The van der Waals surface area contributed by atoms with Gasteiger partial charge >= 0.3 is 0 Å². The minimum atomic E-state index is -3.39. The number of nitrogens with two attached hydrogens (primary N) is 1. The molecule has 0 bridgehead atoms. The van der Waals surface area contributed by atoms with E-state index in [0.717, 1.165) is 0 Å². The first kappa shape index (κ1) is 12.0. The molecule has 1 unspecified atom stereocenters. The highest BCUT2D eigenvalue weighted by atomic mass is 32.2. The van der Waals surface area contributed by atoms with E-state index in [4.69, 9.17) is 10.5 Å². The van der Waals surface area contributed by atoms with Gasteiger partial charge in [0, 0.05) is 0 Å². The zero-order valence-corrected chi connectivity index (χ0v) is 9.62. The molecule has 0 aliphatic heterocycles. The lowest BCUT2D eigenvalue weighted by Crippen LogP contribution is -2.26. The Morgan fingerprint density at radius 3 is 2.27 bits per heavy atom. The SMILES string of the molecule is CCOc1ccc(S(=O)(=O)C(C)N)cc1. The normalized spacial score (nSPS) is 13.5. The minimum absolute atomic E-state index is 0.223. The number of rotatable bonds is 4. The number of hydrogen-bond acceptors (Lipinski definition) is 4. The first-order valence-electron chi connectivity index (χ1n) is 4.71. The van der Waals surface area contributed by atoms with Crippen LogP contribution in [0.1, 0.15) is 13.8 Å². The summed E-state index contributed by atoms with van der Waals surface area (Å²) < 4.78 is 28.5. The second-order valence-electron chi connectivity index (χ2n) is 3.15. The number of sulfone groups is 1. The zero-order valence-electron chi connectivity index (χ0n) is 8.80. The molecule has 0 aliphatic carbocycles. The van der Waals surface area contributed by atoms with Crippen molar-refractivity contribution in [2.45, 2.75) is 24.1 Å². The number of hydrogen-bond donors (Lipinski definition) is 1. The van der Waals surface area contributed by atoms with Crippen LogP contribution in [0.15, 0.2) is 29.2 Å². The summed E-state index contributed by atoms with van der Waals surface area (Å²) in [6.07, 6.45) is 0. The maximum atomic E-state index is 11.6. The molecule has 0 aromatic heterocycles. The van der Waals surface area contributed by atoms with Crippen LogP contribution in [0.2, 0.25) is 0 Å². The van der Waals surface area contributed by atoms with Gasteiger partial charge in [-0.3, -0.25) is 0 Å². The van der Waals surface area contributed by atoms with Crippen molar-refractivity contribution in [2.24, 2.45) is 5.73 Å². The third-order valence-corrected chi connectivity index (χ3v) is 3.86. The lowest BCUT2D eigenvalue weighted by atomic mass is 10.3. The molecule has 0 spiro atoms. The van der Waals surface area contributed by atoms with Crippen molar-refractivity contribution in [1.82, 2.24) is 0 Å². The molecule has 84 valence electrons. The van der Waals surface area contributed by atoms with E-state index < -0.39 is 15.2 Å². The smallest absolute Gasteiger partial charge is 0.193 e. The van der Waals surface area contributed by atoms with Gasteiger partial charge in [0.2, 0.25) is 0 Å². The fourth-order valence-electron chi connectivity index (χ4n) is 1.11. The van der Waals surface area contributed by atoms with Crippen LogP contribution in [0, 0.1) is 0 Å². The lowest BCUT2D eigenvalue weighted by molar-refractivity contribution is 0.340. The summed E-state index contributed by atoms with van der Waals surface area (Å²) in [4.78, 5) is 0.223. The van der Waals surface area contributed by atoms with E-state index in [1.165, 1.54) is 19.1 Å². The maximum Gasteiger partial charge on any atom is 0.193 e. The Balaban J connectivity index is 2.99. The predicted molar refractivity (Wildman–Crippen MR) is 58.4 cm³/mol. The maximum absolute atomic E-state index is 11.6. The lowest BCUT2D eigenvalue weighted by Gasteiger charge is -2.08. The highest BCUT2D eigenvalue weighted by Crippen LogP contribution is 2.18. The van der Waals surface area contributed by atoms with E-state index in [0.29, 0.717) is 12.4 Å². The van der Waals surface area contributed by atoms with E-state index in [-0.39, 0.29) is 4.90 Å². The molecular weight excluding hydrogens is 214 g/mol. The molecule has 1 atom stereocenters. The number of ether oxygens (including phenoxy) is 1. The van der Waals surface area contributed by atoms with Crippen molar-refractivity contribution in [3.8, 4) is 5.75 Å². The van der Waals surface area contributed by atoms with Gasteiger partial charge in [-0.05, 0) is 38.1 Å². The minimum Gasteiger partial charge on any atom is -0.494 e. The molecule has 0 saturated carbocycles. The van der Waals surface area contributed by atoms with Crippen LogP contribution in [0.3, 0.4) is 0 Å². The first-order valence-corrected chi connectivity index (χ1v) is 6.25. The summed E-state index contributed by atoms with van der Waals surface area (Å²) in [6, 6.07) is 6.25. The van der Waals surface area contributed by atoms with Crippen LogP contribution in [0.4, 0.5) is 0 Å². The van der Waals surface area contributed by atoms with E-state index in [1.807, 2.05) is 6.92 Å². The van der Waals surface area contributed by atoms with Gasteiger partial charge in [-0.2, -0.15) is 0 Å². The number of benzene rings is 1. The van der Waals surface area contributed by atoms with Gasteiger partial charge in [0.25, 0.3) is 0 Å². The second-order valence-corrected chi connectivity index (χ2v) is 5.46. The standard InChI is InChI=1S/C10H15NO3S/c1-3-14-9-4-6-10(7-5-9)15(12,13)8(2)11/h4-8H,3,11H2,1-2H3. The van der Waals surface area contributed by atoms with Crippen LogP contribution >= 0.6 is 0 Å². The molecule has 1 aromatic rings. The van der Waals surface area contributed by atoms with Crippen LogP contribution in [-0.2, 0) is 9.84 Å². The van der Waals surface area contributed by atoms with Crippen molar-refractivity contribution >= 4 is 9.84 Å². The molecule has 4 nitrogen and oxygen atoms in total. The fraction of sp³-hybridized carbons (Fsp3) is 0.400. The monoisotopic (exact) mass is 229 g/mol. The third kappa shape index (κ3) is 2.70. The highest BCUT2D eigenvalue weighted by Gasteiger charge is 2.19. The Morgan fingerprint density at radius 1 is 1.33 bits per heavy atom. The summed E-state index contributed by atoms with van der Waals surface area (Å²) >= 11 is 0. The average molecular weight is 229 g/mol. The Labute approximate surface area is 90.0 Å². The van der Waals surface area contributed by atoms with Crippen LogP contribution in [-0.4, -0.2) is 20.4 Å². The summed E-state index contributed by atoms with van der Waals surface area (Å²) in [7, 11) is -3.39. The van der Waals surface area contributed by atoms with E-state index in [2.05, 4.69) is 0 Å². The molecule has 0 saturated heterocycles. The van der Waals surface area contributed by atoms with Crippen LogP contribution in [0.25, 0.3) is 0 Å². The van der Waals surface area contributed by atoms with Gasteiger partial charge in [0.15, 0.2) is 9.84 Å². The molecule has 0 radical (unpaired) electrons. The molecule has 2 N–H and O–H groups in total. The van der Waals surface area contributed by atoms with Gasteiger partial charge < -0.3 is 10.5 Å². The summed E-state index contributed by atoms with van der Waals surface area (Å²) in [5, 5.41) is -0.893. The third-order valence-electron chi connectivity index (χ3n) is 1.95. The quantitative estimate of drug-likeness (QED) is 0.841. The van der Waals surface area contributed by atoms with Crippen molar-refractivity contribution < 1.29 is 13.2 Å². The molecule has 1 rings (SSSR count). The van der Waals surface area contributed by atoms with Crippen LogP contribution in [0.5, 0.6) is 5.75 Å². The highest BCUT2D eigenvalue weighted by molar-refractivity contribution is 7.92. The Hall–Kier alpha value is -1.07. The Bertz CT molecular complexity index is 409. The van der Waals surface area contributed by atoms with Gasteiger partial charge in [0.1, 0.15) is 11.1 Å². The van der Waals surface area contributed by atoms with E-state index in [1.54, 1.807) is 12.1 Å². The molecule has 0 amide bonds. The topological polar surface area (TPSA) is 69.4 Å². The van der Waals surface area contributed by atoms with E-state index in [9.17, 15) is 8.42 Å². The molecule has 5 heteroatoms. The fourth-order valence-corrected chi connectivity index (χ4v) is 2.05. The van der Waals surface area contributed by atoms with Crippen molar-refractivity contribution in [2.75, 3.05) is 6.61 Å². The Kier molecular flexibility index (Phi) is 3.71. The zero-order chi connectivity index (χ0) is 11.5. The van der Waals surface area contributed by atoms with E-state index >= 15 is 0 Å².